The van der Waals surface area contributed by atoms with Gasteiger partial charge in [-0.05, 0) is 11.1 Å². The largest absolute Gasteiger partial charge is 0.324 e. The molecule has 0 radical (unpaired) electrons. The maximum Gasteiger partial charge on any atom is 0.324 e. The Morgan fingerprint density at radius 1 is 0.750 bits per heavy atom. The average molecular weight is 284 g/mol. The van der Waals surface area contributed by atoms with Crippen LogP contribution < -0.4 is 0 Å². The summed E-state index contributed by atoms with van der Waals surface area (Å²) in [6.45, 7) is 0. The minimum Gasteiger partial charge on any atom is -0.310 e. The van der Waals surface area contributed by atoms with E-state index in [-0.39, 0.29) is 19.5 Å². The molecule has 0 amide bonds. The molecular formula is C12H11O2PZn. The molecule has 2 nitrogen and oxygen atoms in total. The summed E-state index contributed by atoms with van der Waals surface area (Å²) in [4.78, 5) is 6.99. The van der Waals surface area contributed by atoms with Crippen LogP contribution in [0, 0.1) is 0 Å². The summed E-state index contributed by atoms with van der Waals surface area (Å²) in [5, 5.41) is 0. The zero-order chi connectivity index (χ0) is 10.9. The van der Waals surface area contributed by atoms with Crippen LogP contribution in [0.5, 0.6) is 0 Å². The van der Waals surface area contributed by atoms with Crippen molar-refractivity contribution < 1.29 is 28.9 Å². The Bertz CT molecular complexity index is 355. The maximum atomic E-state index is 8.46. The van der Waals surface area contributed by atoms with E-state index < -0.39 is 8.69 Å². The third-order valence-corrected chi connectivity index (χ3v) is 1.88. The molecule has 0 aromatic heterocycles. The molecule has 0 saturated heterocycles. The summed E-state index contributed by atoms with van der Waals surface area (Å²) in [6, 6.07) is 20.8. The van der Waals surface area contributed by atoms with Crippen molar-refractivity contribution in [3.63, 3.8) is 0 Å². The molecule has 0 aliphatic rings. The first kappa shape index (κ1) is 15.1. The third-order valence-electron chi connectivity index (χ3n) is 1.88. The predicted molar refractivity (Wildman–Crippen MR) is 61.7 cm³/mol. The number of hydrogen-bond acceptors (Lipinski definition) is 1. The van der Waals surface area contributed by atoms with Gasteiger partial charge in [0.2, 0.25) is 0 Å². The molecule has 2 aromatic rings. The molecule has 0 fully saturated rings. The van der Waals surface area contributed by atoms with E-state index in [9.17, 15) is 0 Å². The Labute approximate surface area is 109 Å². The molecule has 0 unspecified atom stereocenters. The molecular weight excluding hydrogens is 272 g/mol. The second-order valence-corrected chi connectivity index (χ2v) is 2.98. The van der Waals surface area contributed by atoms with E-state index in [4.69, 9.17) is 9.46 Å². The van der Waals surface area contributed by atoms with E-state index in [0.717, 1.165) is 0 Å². The summed E-state index contributed by atoms with van der Waals surface area (Å²) in [7, 11) is -0.833. The van der Waals surface area contributed by atoms with Crippen molar-refractivity contribution in [2.45, 2.75) is 0 Å². The van der Waals surface area contributed by atoms with Gasteiger partial charge in [-0.15, -0.1) is 0 Å². The monoisotopic (exact) mass is 282 g/mol. The summed E-state index contributed by atoms with van der Waals surface area (Å²) in [5.74, 6) is 0. The number of benzene rings is 2. The normalized spacial score (nSPS) is 8.56. The van der Waals surface area contributed by atoms with E-state index in [2.05, 4.69) is 48.5 Å². The smallest absolute Gasteiger partial charge is 0.310 e. The Morgan fingerprint density at radius 2 is 1.00 bits per heavy atom. The van der Waals surface area contributed by atoms with Gasteiger partial charge in [0, 0.05) is 19.5 Å². The summed E-state index contributed by atoms with van der Waals surface area (Å²) >= 11 is 0. The zero-order valence-electron chi connectivity index (χ0n) is 8.78. The Kier molecular flexibility index (Phi) is 8.84. The zero-order valence-corrected chi connectivity index (χ0v) is 12.6. The fraction of sp³-hybridized carbons (Fsp3) is 0. The fourth-order valence-electron chi connectivity index (χ4n) is 1.26. The maximum absolute atomic E-state index is 8.46. The number of rotatable bonds is 1. The molecule has 0 spiro atoms. The molecule has 1 N–H and O–H groups in total. The van der Waals surface area contributed by atoms with Crippen molar-refractivity contribution in [3.05, 3.63) is 60.7 Å². The topological polar surface area (TPSA) is 37.3 Å². The minimum absolute atomic E-state index is 0. The summed E-state index contributed by atoms with van der Waals surface area (Å²) < 4.78 is 8.46. The predicted octanol–water partition coefficient (Wildman–Crippen LogP) is 3.54. The van der Waals surface area contributed by atoms with Crippen LogP contribution in [0.4, 0.5) is 0 Å². The number of hydrogen-bond donors (Lipinski definition) is 1. The van der Waals surface area contributed by atoms with Crippen molar-refractivity contribution in [3.8, 4) is 11.1 Å². The molecule has 4 heteroatoms. The molecule has 2 rings (SSSR count). The summed E-state index contributed by atoms with van der Waals surface area (Å²) in [5.41, 5.74) is 2.55. The van der Waals surface area contributed by atoms with Crippen LogP contribution >= 0.6 is 8.69 Å². The molecule has 0 heterocycles. The average Bonchev–Trinajstić information content (AvgIpc) is 2.32. The molecule has 0 saturated carbocycles. The van der Waals surface area contributed by atoms with Gasteiger partial charge in [-0.3, -0.25) is 0 Å². The Balaban J connectivity index is 0.000000511. The molecule has 0 atom stereocenters. The van der Waals surface area contributed by atoms with Crippen molar-refractivity contribution in [2.24, 2.45) is 0 Å². The van der Waals surface area contributed by atoms with E-state index in [0.29, 0.717) is 0 Å². The van der Waals surface area contributed by atoms with Crippen LogP contribution in [0.15, 0.2) is 60.7 Å². The second-order valence-electron chi connectivity index (χ2n) is 2.81. The van der Waals surface area contributed by atoms with Crippen LogP contribution in [-0.2, 0) is 24.0 Å². The van der Waals surface area contributed by atoms with Gasteiger partial charge >= 0.3 is 8.69 Å². The van der Waals surface area contributed by atoms with Gasteiger partial charge in [0.25, 0.3) is 0 Å². The molecule has 78 valence electrons. The second kappa shape index (κ2) is 9.36. The van der Waals surface area contributed by atoms with Gasteiger partial charge in [-0.25, -0.2) is 4.57 Å². The van der Waals surface area contributed by atoms with Crippen molar-refractivity contribution in [2.75, 3.05) is 0 Å². The van der Waals surface area contributed by atoms with Crippen LogP contribution in [0.3, 0.4) is 0 Å². The van der Waals surface area contributed by atoms with E-state index in [1.165, 1.54) is 11.1 Å². The molecule has 16 heavy (non-hydrogen) atoms. The van der Waals surface area contributed by atoms with E-state index >= 15 is 0 Å². The minimum atomic E-state index is -0.833. The first-order valence-electron chi connectivity index (χ1n) is 4.45. The van der Waals surface area contributed by atoms with Crippen molar-refractivity contribution >= 4 is 8.69 Å². The molecule has 0 bridgehead atoms. The molecule has 0 aliphatic carbocycles. The standard InChI is InChI=1S/C12H10.HO2P.Zn/c1-3-7-11(8-4-1)12-9-5-2-6-10-12;1-3-2;/h1-10H;(H,1,2);. The van der Waals surface area contributed by atoms with E-state index in [1.54, 1.807) is 0 Å². The van der Waals surface area contributed by atoms with Crippen LogP contribution in [0.1, 0.15) is 0 Å². The van der Waals surface area contributed by atoms with Crippen LogP contribution in [0.2, 0.25) is 0 Å². The Morgan fingerprint density at radius 3 is 1.25 bits per heavy atom. The molecule has 2 aromatic carbocycles. The fourth-order valence-corrected chi connectivity index (χ4v) is 1.26. The van der Waals surface area contributed by atoms with Gasteiger partial charge in [0.15, 0.2) is 0 Å². The SMILES string of the molecule is O=PO.[Zn].c1ccc(-c2ccccc2)cc1. The Hall–Kier alpha value is -0.877. The van der Waals surface area contributed by atoms with Gasteiger partial charge in [0.05, 0.1) is 0 Å². The van der Waals surface area contributed by atoms with Gasteiger partial charge in [0.1, 0.15) is 0 Å². The van der Waals surface area contributed by atoms with Crippen molar-refractivity contribution in [1.82, 2.24) is 0 Å². The summed E-state index contributed by atoms with van der Waals surface area (Å²) in [6.07, 6.45) is 0. The van der Waals surface area contributed by atoms with Crippen molar-refractivity contribution in [1.29, 1.82) is 0 Å². The van der Waals surface area contributed by atoms with Gasteiger partial charge < -0.3 is 4.89 Å². The van der Waals surface area contributed by atoms with Gasteiger partial charge in [-0.2, -0.15) is 0 Å². The first-order valence-corrected chi connectivity index (χ1v) is 5.22. The van der Waals surface area contributed by atoms with E-state index in [1.807, 2.05) is 12.1 Å². The van der Waals surface area contributed by atoms with Crippen LogP contribution in [0.25, 0.3) is 11.1 Å². The quantitative estimate of drug-likeness (QED) is 0.642. The third kappa shape index (κ3) is 5.27. The molecule has 0 aliphatic heterocycles. The first-order chi connectivity index (χ1) is 7.38. The van der Waals surface area contributed by atoms with Crippen LogP contribution in [-0.4, -0.2) is 4.89 Å². The van der Waals surface area contributed by atoms with Gasteiger partial charge in [-0.1, -0.05) is 60.7 Å².